The third-order valence-corrected chi connectivity index (χ3v) is 3.57. The van der Waals surface area contributed by atoms with Crippen molar-refractivity contribution in [1.82, 2.24) is 15.5 Å². The first-order valence-electron chi connectivity index (χ1n) is 5.67. The first-order valence-corrected chi connectivity index (χ1v) is 6.04. The van der Waals surface area contributed by atoms with Crippen LogP contribution in [0.15, 0.2) is 18.2 Å². The number of hydrogen-bond acceptors (Lipinski definition) is 2. The van der Waals surface area contributed by atoms with Gasteiger partial charge in [-0.3, -0.25) is 5.10 Å². The molecule has 16 heavy (non-hydrogen) atoms. The molecule has 0 spiro atoms. The van der Waals surface area contributed by atoms with Gasteiger partial charge >= 0.3 is 0 Å². The third kappa shape index (κ3) is 1.70. The summed E-state index contributed by atoms with van der Waals surface area (Å²) in [5.41, 5.74) is 2.28. The molecule has 0 aliphatic carbocycles. The molecule has 1 saturated heterocycles. The van der Waals surface area contributed by atoms with E-state index in [1.54, 1.807) is 0 Å². The first-order chi connectivity index (χ1) is 7.84. The Kier molecular flexibility index (Phi) is 2.58. The van der Waals surface area contributed by atoms with Crippen molar-refractivity contribution >= 4 is 22.5 Å². The quantitative estimate of drug-likeness (QED) is 0.839. The van der Waals surface area contributed by atoms with Crippen molar-refractivity contribution in [2.75, 3.05) is 13.1 Å². The Bertz CT molecular complexity index is 500. The Labute approximate surface area is 99.2 Å². The maximum atomic E-state index is 6.13. The van der Waals surface area contributed by atoms with Gasteiger partial charge in [0.1, 0.15) is 5.15 Å². The fourth-order valence-electron chi connectivity index (χ4n) is 2.47. The van der Waals surface area contributed by atoms with E-state index in [-0.39, 0.29) is 0 Å². The SMILES string of the molecule is Clc1[nH]nc2cccc(CC3CCNC3)c12. The van der Waals surface area contributed by atoms with E-state index >= 15 is 0 Å². The molecule has 4 heteroatoms. The second-order valence-electron chi connectivity index (χ2n) is 4.41. The average molecular weight is 236 g/mol. The van der Waals surface area contributed by atoms with E-state index in [9.17, 15) is 0 Å². The van der Waals surface area contributed by atoms with Gasteiger partial charge in [0, 0.05) is 5.39 Å². The molecule has 0 amide bonds. The fourth-order valence-corrected chi connectivity index (χ4v) is 2.73. The Balaban J connectivity index is 1.98. The van der Waals surface area contributed by atoms with E-state index in [0.717, 1.165) is 36.3 Å². The number of nitrogens with one attached hydrogen (secondary N) is 2. The molecule has 3 rings (SSSR count). The monoisotopic (exact) mass is 235 g/mol. The van der Waals surface area contributed by atoms with Crippen molar-refractivity contribution in [1.29, 1.82) is 0 Å². The molecule has 2 N–H and O–H groups in total. The van der Waals surface area contributed by atoms with Crippen LogP contribution in [-0.4, -0.2) is 23.3 Å². The molecule has 0 bridgehead atoms. The van der Waals surface area contributed by atoms with Crippen molar-refractivity contribution in [2.24, 2.45) is 5.92 Å². The average Bonchev–Trinajstić information content (AvgIpc) is 2.90. The maximum absolute atomic E-state index is 6.13. The van der Waals surface area contributed by atoms with Gasteiger partial charge in [-0.2, -0.15) is 5.10 Å². The lowest BCUT2D eigenvalue weighted by molar-refractivity contribution is 0.582. The van der Waals surface area contributed by atoms with Crippen molar-refractivity contribution in [3.8, 4) is 0 Å². The maximum Gasteiger partial charge on any atom is 0.132 e. The van der Waals surface area contributed by atoms with E-state index in [4.69, 9.17) is 11.6 Å². The molecular formula is C12H14ClN3. The van der Waals surface area contributed by atoms with Crippen molar-refractivity contribution < 1.29 is 0 Å². The van der Waals surface area contributed by atoms with Crippen molar-refractivity contribution in [2.45, 2.75) is 12.8 Å². The van der Waals surface area contributed by atoms with Gasteiger partial charge < -0.3 is 5.32 Å². The lowest BCUT2D eigenvalue weighted by Gasteiger charge is -2.09. The van der Waals surface area contributed by atoms with Crippen LogP contribution in [0, 0.1) is 5.92 Å². The Hall–Kier alpha value is -1.06. The van der Waals surface area contributed by atoms with Crippen LogP contribution in [-0.2, 0) is 6.42 Å². The summed E-state index contributed by atoms with van der Waals surface area (Å²) in [5, 5.41) is 12.2. The molecule has 1 atom stereocenters. The highest BCUT2D eigenvalue weighted by atomic mass is 35.5. The molecule has 1 aliphatic rings. The van der Waals surface area contributed by atoms with Gasteiger partial charge in [0.2, 0.25) is 0 Å². The third-order valence-electron chi connectivity index (χ3n) is 3.29. The van der Waals surface area contributed by atoms with Crippen LogP contribution in [0.2, 0.25) is 5.15 Å². The number of nitrogens with zero attached hydrogens (tertiary/aromatic N) is 1. The molecule has 1 aromatic carbocycles. The van der Waals surface area contributed by atoms with Gasteiger partial charge in [-0.25, -0.2) is 0 Å². The topological polar surface area (TPSA) is 40.7 Å². The molecule has 0 saturated carbocycles. The number of benzene rings is 1. The molecule has 2 heterocycles. The molecule has 1 unspecified atom stereocenters. The summed E-state index contributed by atoms with van der Waals surface area (Å²) in [6.45, 7) is 2.26. The van der Waals surface area contributed by atoms with Crippen molar-refractivity contribution in [3.05, 3.63) is 28.9 Å². The van der Waals surface area contributed by atoms with Crippen LogP contribution in [0.1, 0.15) is 12.0 Å². The molecule has 84 valence electrons. The number of hydrogen-bond donors (Lipinski definition) is 2. The van der Waals surface area contributed by atoms with Gasteiger partial charge in [0.25, 0.3) is 0 Å². The molecule has 3 nitrogen and oxygen atoms in total. The molecule has 1 fully saturated rings. The second-order valence-corrected chi connectivity index (χ2v) is 4.79. The van der Waals surface area contributed by atoms with Crippen LogP contribution in [0.4, 0.5) is 0 Å². The lowest BCUT2D eigenvalue weighted by atomic mass is 9.96. The van der Waals surface area contributed by atoms with Crippen LogP contribution in [0.3, 0.4) is 0 Å². The first kappa shape index (κ1) is 10.1. The van der Waals surface area contributed by atoms with Gasteiger partial charge in [-0.15, -0.1) is 0 Å². The highest BCUT2D eigenvalue weighted by Gasteiger charge is 2.17. The summed E-state index contributed by atoms with van der Waals surface area (Å²) in [4.78, 5) is 0. The van der Waals surface area contributed by atoms with Crippen LogP contribution >= 0.6 is 11.6 Å². The zero-order chi connectivity index (χ0) is 11.0. The van der Waals surface area contributed by atoms with E-state index in [1.807, 2.05) is 6.07 Å². The van der Waals surface area contributed by atoms with Gasteiger partial charge in [-0.05, 0) is 43.5 Å². The minimum atomic E-state index is 0.663. The highest BCUT2D eigenvalue weighted by Crippen LogP contribution is 2.27. The number of rotatable bonds is 2. The number of fused-ring (bicyclic) bond motifs is 1. The van der Waals surface area contributed by atoms with Crippen molar-refractivity contribution in [3.63, 3.8) is 0 Å². The normalized spacial score (nSPS) is 20.7. The van der Waals surface area contributed by atoms with Crippen LogP contribution in [0.5, 0.6) is 0 Å². The highest BCUT2D eigenvalue weighted by molar-refractivity contribution is 6.34. The minimum Gasteiger partial charge on any atom is -0.316 e. The number of aromatic amines is 1. The smallest absolute Gasteiger partial charge is 0.132 e. The Morgan fingerprint density at radius 3 is 3.19 bits per heavy atom. The summed E-state index contributed by atoms with van der Waals surface area (Å²) < 4.78 is 0. The van der Waals surface area contributed by atoms with E-state index in [2.05, 4.69) is 27.6 Å². The molecule has 1 aromatic heterocycles. The summed E-state index contributed by atoms with van der Waals surface area (Å²) in [5.74, 6) is 0.733. The number of halogens is 1. The summed E-state index contributed by atoms with van der Waals surface area (Å²) in [6.07, 6.45) is 2.34. The zero-order valence-corrected chi connectivity index (χ0v) is 9.72. The molecular weight excluding hydrogens is 222 g/mol. The van der Waals surface area contributed by atoms with Crippen LogP contribution in [0.25, 0.3) is 10.9 Å². The number of aromatic nitrogens is 2. The van der Waals surface area contributed by atoms with Crippen LogP contribution < -0.4 is 5.32 Å². The number of H-pyrrole nitrogens is 1. The Morgan fingerprint density at radius 1 is 1.44 bits per heavy atom. The predicted octanol–water partition coefficient (Wildman–Crippen LogP) is 2.37. The summed E-state index contributed by atoms with van der Waals surface area (Å²) in [7, 11) is 0. The zero-order valence-electron chi connectivity index (χ0n) is 8.96. The van der Waals surface area contributed by atoms with E-state index in [0.29, 0.717) is 5.15 Å². The largest absolute Gasteiger partial charge is 0.316 e. The fraction of sp³-hybridized carbons (Fsp3) is 0.417. The van der Waals surface area contributed by atoms with Gasteiger partial charge in [0.15, 0.2) is 0 Å². The Morgan fingerprint density at radius 2 is 2.38 bits per heavy atom. The lowest BCUT2D eigenvalue weighted by Crippen LogP contribution is -2.10. The van der Waals surface area contributed by atoms with E-state index in [1.165, 1.54) is 12.0 Å². The molecule has 0 radical (unpaired) electrons. The summed E-state index contributed by atoms with van der Waals surface area (Å²) >= 11 is 6.13. The minimum absolute atomic E-state index is 0.663. The molecule has 2 aromatic rings. The van der Waals surface area contributed by atoms with Gasteiger partial charge in [-0.1, -0.05) is 23.7 Å². The standard InChI is InChI=1S/C12H14ClN3/c13-12-11-9(6-8-4-5-14-7-8)2-1-3-10(11)15-16-12/h1-3,8,14H,4-7H2,(H,15,16). The summed E-state index contributed by atoms with van der Waals surface area (Å²) in [6, 6.07) is 6.20. The predicted molar refractivity (Wildman–Crippen MR) is 65.8 cm³/mol. The second kappa shape index (κ2) is 4.07. The van der Waals surface area contributed by atoms with Gasteiger partial charge in [0.05, 0.1) is 5.52 Å². The molecule has 1 aliphatic heterocycles. The van der Waals surface area contributed by atoms with E-state index < -0.39 is 0 Å².